The number of amides is 2. The number of ether oxygens (including phenoxy) is 1. The monoisotopic (exact) mass is 488 g/mol. The maximum atomic E-state index is 12.2. The van der Waals surface area contributed by atoms with Crippen LogP contribution in [0.15, 0.2) is 59.6 Å². The SMILES string of the molecule is NC(=O)c1cnc2cc(-c3ccc(SN4CCC5(CC4)CN(C4CC4)C(=O)CO5)cc3)ccc2c1. The summed E-state index contributed by atoms with van der Waals surface area (Å²) in [5, 5.41) is 0.895. The van der Waals surface area contributed by atoms with Crippen LogP contribution in [0.1, 0.15) is 36.0 Å². The Hall–Kier alpha value is -2.94. The zero-order valence-electron chi connectivity index (χ0n) is 19.5. The minimum Gasteiger partial charge on any atom is -0.366 e. The van der Waals surface area contributed by atoms with Crippen LogP contribution < -0.4 is 5.73 Å². The van der Waals surface area contributed by atoms with E-state index in [0.717, 1.165) is 67.3 Å². The Labute approximate surface area is 208 Å². The Kier molecular flexibility index (Phi) is 5.75. The molecule has 1 spiro atoms. The van der Waals surface area contributed by atoms with Gasteiger partial charge in [-0.2, -0.15) is 0 Å². The van der Waals surface area contributed by atoms with E-state index < -0.39 is 5.91 Å². The van der Waals surface area contributed by atoms with Crippen molar-refractivity contribution in [2.45, 2.75) is 42.2 Å². The number of carbonyl (C=O) groups is 2. The molecule has 180 valence electrons. The van der Waals surface area contributed by atoms with Gasteiger partial charge < -0.3 is 15.4 Å². The van der Waals surface area contributed by atoms with Gasteiger partial charge in [-0.25, -0.2) is 4.31 Å². The van der Waals surface area contributed by atoms with Crippen LogP contribution in [0.3, 0.4) is 0 Å². The van der Waals surface area contributed by atoms with Crippen molar-refractivity contribution in [3.8, 4) is 11.1 Å². The number of rotatable bonds is 5. The summed E-state index contributed by atoms with van der Waals surface area (Å²) in [5.74, 6) is -0.310. The molecule has 0 bridgehead atoms. The fraction of sp³-hybridized carbons (Fsp3) is 0.370. The highest BCUT2D eigenvalue weighted by molar-refractivity contribution is 7.97. The Morgan fingerprint density at radius 2 is 1.80 bits per heavy atom. The molecule has 0 atom stereocenters. The number of nitrogens with zero attached hydrogens (tertiary/aromatic N) is 3. The second-order valence-electron chi connectivity index (χ2n) is 9.76. The van der Waals surface area contributed by atoms with Crippen LogP contribution >= 0.6 is 11.9 Å². The molecule has 35 heavy (non-hydrogen) atoms. The van der Waals surface area contributed by atoms with Gasteiger partial charge in [-0.15, -0.1) is 0 Å². The highest BCUT2D eigenvalue weighted by Gasteiger charge is 2.46. The normalized spacial score (nSPS) is 20.5. The molecule has 3 aliphatic rings. The van der Waals surface area contributed by atoms with E-state index in [4.69, 9.17) is 10.5 Å². The summed E-state index contributed by atoms with van der Waals surface area (Å²) < 4.78 is 8.48. The molecule has 2 aliphatic heterocycles. The van der Waals surface area contributed by atoms with Gasteiger partial charge in [0.25, 0.3) is 0 Å². The second-order valence-corrected chi connectivity index (χ2v) is 10.9. The first kappa shape index (κ1) is 22.5. The molecule has 1 aromatic heterocycles. The summed E-state index contributed by atoms with van der Waals surface area (Å²) in [6.07, 6.45) is 5.72. The van der Waals surface area contributed by atoms with Gasteiger partial charge in [0.1, 0.15) is 6.61 Å². The summed E-state index contributed by atoms with van der Waals surface area (Å²) in [6, 6.07) is 16.9. The smallest absolute Gasteiger partial charge is 0.250 e. The maximum absolute atomic E-state index is 12.2. The summed E-state index contributed by atoms with van der Waals surface area (Å²) >= 11 is 1.78. The molecule has 2 saturated heterocycles. The quantitative estimate of drug-likeness (QED) is 0.549. The zero-order chi connectivity index (χ0) is 24.0. The summed E-state index contributed by atoms with van der Waals surface area (Å²) in [7, 11) is 0. The molecule has 2 aromatic carbocycles. The van der Waals surface area contributed by atoms with E-state index in [1.807, 2.05) is 18.2 Å². The van der Waals surface area contributed by atoms with E-state index in [-0.39, 0.29) is 18.1 Å². The highest BCUT2D eigenvalue weighted by atomic mass is 32.2. The third kappa shape index (κ3) is 4.66. The van der Waals surface area contributed by atoms with Gasteiger partial charge in [-0.05, 0) is 73.0 Å². The van der Waals surface area contributed by atoms with Crippen molar-refractivity contribution in [1.82, 2.24) is 14.2 Å². The molecule has 3 aromatic rings. The standard InChI is InChI=1S/C27H28N4O3S/c28-26(33)21-13-20-2-1-19(14-24(20)29-15-21)18-3-7-23(8-4-18)35-30-11-9-27(10-12-30)17-31(22-5-6-22)25(32)16-34-27/h1-4,7-8,13-15,22H,5-6,9-12,16-17H2,(H2,28,33). The number of aromatic nitrogens is 1. The van der Waals surface area contributed by atoms with E-state index in [1.54, 1.807) is 18.0 Å². The van der Waals surface area contributed by atoms with Crippen molar-refractivity contribution in [1.29, 1.82) is 0 Å². The van der Waals surface area contributed by atoms with Gasteiger partial charge in [-0.1, -0.05) is 24.3 Å². The lowest BCUT2D eigenvalue weighted by Gasteiger charge is -2.46. The van der Waals surface area contributed by atoms with Gasteiger partial charge in [0.05, 0.1) is 23.2 Å². The van der Waals surface area contributed by atoms with Crippen LogP contribution in [0, 0.1) is 0 Å². The predicted octanol–water partition coefficient (Wildman–Crippen LogP) is 3.86. The average molecular weight is 489 g/mol. The van der Waals surface area contributed by atoms with E-state index in [0.29, 0.717) is 11.6 Å². The fourth-order valence-corrected chi connectivity index (χ4v) is 5.96. The van der Waals surface area contributed by atoms with Crippen molar-refractivity contribution >= 4 is 34.7 Å². The number of carbonyl (C=O) groups excluding carboxylic acids is 2. The third-order valence-corrected chi connectivity index (χ3v) is 8.40. The molecule has 6 rings (SSSR count). The largest absolute Gasteiger partial charge is 0.366 e. The highest BCUT2D eigenvalue weighted by Crippen LogP contribution is 2.38. The molecular formula is C27H28N4O3S. The number of fused-ring (bicyclic) bond motifs is 1. The van der Waals surface area contributed by atoms with Gasteiger partial charge in [-0.3, -0.25) is 14.6 Å². The molecule has 1 saturated carbocycles. The van der Waals surface area contributed by atoms with Crippen molar-refractivity contribution in [3.05, 3.63) is 60.3 Å². The Bertz CT molecular complexity index is 1280. The van der Waals surface area contributed by atoms with Gasteiger partial charge >= 0.3 is 0 Å². The van der Waals surface area contributed by atoms with Crippen LogP contribution in [0.2, 0.25) is 0 Å². The number of hydrogen-bond donors (Lipinski definition) is 1. The minimum absolute atomic E-state index is 0.160. The van der Waals surface area contributed by atoms with Crippen LogP contribution in [0.4, 0.5) is 0 Å². The van der Waals surface area contributed by atoms with E-state index in [1.165, 1.54) is 11.1 Å². The van der Waals surface area contributed by atoms with Gasteiger partial charge in [0.15, 0.2) is 0 Å². The Morgan fingerprint density at radius 3 is 2.51 bits per heavy atom. The number of benzene rings is 2. The second kappa shape index (κ2) is 8.93. The van der Waals surface area contributed by atoms with Crippen LogP contribution in [-0.2, 0) is 9.53 Å². The minimum atomic E-state index is -0.470. The summed E-state index contributed by atoms with van der Waals surface area (Å²) in [5.41, 5.74) is 8.65. The topological polar surface area (TPSA) is 88.8 Å². The van der Waals surface area contributed by atoms with Crippen molar-refractivity contribution in [2.75, 3.05) is 26.2 Å². The lowest BCUT2D eigenvalue weighted by Crippen LogP contribution is -2.58. The molecule has 8 heteroatoms. The van der Waals surface area contributed by atoms with Crippen LogP contribution in [0.25, 0.3) is 22.0 Å². The van der Waals surface area contributed by atoms with Crippen LogP contribution in [0.5, 0.6) is 0 Å². The van der Waals surface area contributed by atoms with Gasteiger partial charge in [0.2, 0.25) is 11.8 Å². The van der Waals surface area contributed by atoms with Crippen molar-refractivity contribution in [3.63, 3.8) is 0 Å². The molecule has 2 N–H and O–H groups in total. The molecule has 3 heterocycles. The molecule has 0 unspecified atom stereocenters. The first-order valence-corrected chi connectivity index (χ1v) is 12.9. The van der Waals surface area contributed by atoms with E-state index in [2.05, 4.69) is 38.5 Å². The lowest BCUT2D eigenvalue weighted by molar-refractivity contribution is -0.170. The number of morpholine rings is 1. The summed E-state index contributed by atoms with van der Waals surface area (Å²) in [6.45, 7) is 2.89. The lowest BCUT2D eigenvalue weighted by atomic mass is 9.90. The number of piperidine rings is 1. The van der Waals surface area contributed by atoms with Crippen molar-refractivity contribution in [2.24, 2.45) is 5.73 Å². The molecule has 2 amide bonds. The van der Waals surface area contributed by atoms with Gasteiger partial charge in [0, 0.05) is 35.6 Å². The van der Waals surface area contributed by atoms with Crippen LogP contribution in [-0.4, -0.2) is 63.9 Å². The van der Waals surface area contributed by atoms with Crippen molar-refractivity contribution < 1.29 is 14.3 Å². The Balaban J connectivity index is 1.09. The third-order valence-electron chi connectivity index (χ3n) is 7.29. The fourth-order valence-electron chi connectivity index (χ4n) is 5.04. The number of hydrogen-bond acceptors (Lipinski definition) is 6. The number of nitrogens with two attached hydrogens (primary N) is 1. The Morgan fingerprint density at radius 1 is 1.06 bits per heavy atom. The molecule has 7 nitrogen and oxygen atoms in total. The molecule has 3 fully saturated rings. The summed E-state index contributed by atoms with van der Waals surface area (Å²) in [4.78, 5) is 31.3. The number of pyridine rings is 1. The first-order valence-electron chi connectivity index (χ1n) is 12.1. The molecule has 0 radical (unpaired) electrons. The first-order chi connectivity index (χ1) is 17.0. The molecular weight excluding hydrogens is 460 g/mol. The van der Waals surface area contributed by atoms with E-state index >= 15 is 0 Å². The van der Waals surface area contributed by atoms with E-state index in [9.17, 15) is 9.59 Å². The number of primary amides is 1. The zero-order valence-corrected chi connectivity index (χ0v) is 20.3. The molecule has 1 aliphatic carbocycles. The predicted molar refractivity (Wildman–Crippen MR) is 136 cm³/mol. The average Bonchev–Trinajstić information content (AvgIpc) is 3.72. The maximum Gasteiger partial charge on any atom is 0.250 e.